The molecule has 116 heavy (non-hydrogen) atoms. The smallest absolute Gasteiger partial charge is 0.0619 e. The molecule has 0 spiro atoms. The lowest BCUT2D eigenvalue weighted by molar-refractivity contribution is 0.714. The van der Waals surface area contributed by atoms with E-state index in [1.807, 2.05) is 0 Å². The van der Waals surface area contributed by atoms with E-state index in [0.29, 0.717) is 0 Å². The molecule has 0 N–H and O–H groups in total. The number of hydrogen-bond donors (Lipinski definition) is 0. The van der Waals surface area contributed by atoms with Crippen molar-refractivity contribution in [2.24, 2.45) is 0 Å². The minimum absolute atomic E-state index is 0.0728. The van der Waals surface area contributed by atoms with E-state index in [-0.39, 0.29) is 11.8 Å². The maximum atomic E-state index is 2.95. The molecule has 34 aromatic rings. The molecular weight excluding hydrogens is 1460 g/mol. The lowest BCUT2D eigenvalue weighted by atomic mass is 9.54. The first-order valence-corrected chi connectivity index (χ1v) is 55.2. The van der Waals surface area contributed by atoms with Crippen LogP contribution in [0.1, 0.15) is 34.1 Å². The Kier molecular flexibility index (Phi) is 6.09. The highest BCUT2D eigenvalue weighted by Gasteiger charge is 2.57. The second-order valence-electron chi connectivity index (χ2n) is 42.2. The first-order chi connectivity index (χ1) is 56.7. The van der Waals surface area contributed by atoms with Gasteiger partial charge in [-0.25, -0.2) is 0 Å². The molecule has 4 heteroatoms. The van der Waals surface area contributed by atoms with Gasteiger partial charge in [0.25, 0.3) is 0 Å². The highest BCUT2D eigenvalue weighted by Crippen LogP contribution is 2.77. The quantitative estimate of drug-likeness (QED) is 0.0806. The van der Waals surface area contributed by atoms with Crippen molar-refractivity contribution in [1.29, 1.82) is 0 Å². The second kappa shape index (κ2) is 13.5. The lowest BCUT2D eigenvalue weighted by Crippen LogP contribution is -2.49. The van der Waals surface area contributed by atoms with Crippen molar-refractivity contribution in [3.63, 3.8) is 0 Å². The Hall–Kier alpha value is -12.4. The molecule has 42 rings (SSSR count). The van der Waals surface area contributed by atoms with Gasteiger partial charge in [0.15, 0.2) is 0 Å². The highest BCUT2D eigenvalue weighted by atomic mass is 28.3. The van der Waals surface area contributed by atoms with E-state index in [0.717, 1.165) is 0 Å². The highest BCUT2D eigenvalue weighted by molar-refractivity contribution is 7.09. The van der Waals surface area contributed by atoms with Gasteiger partial charge < -0.3 is 0 Å². The Morgan fingerprint density at radius 2 is 0.414 bits per heavy atom. The molecule has 0 radical (unpaired) electrons. The molecule has 0 bridgehead atoms. The summed E-state index contributed by atoms with van der Waals surface area (Å²) in [4.78, 5) is 0. The molecule has 4 aliphatic carbocycles. The van der Waals surface area contributed by atoms with Crippen molar-refractivity contribution >= 4 is 429 Å². The van der Waals surface area contributed by atoms with Crippen LogP contribution in [0.15, 0.2) is 133 Å². The molecule has 4 heterocycles. The van der Waals surface area contributed by atoms with E-state index in [9.17, 15) is 0 Å². The van der Waals surface area contributed by atoms with Crippen molar-refractivity contribution in [1.82, 2.24) is 0 Å². The zero-order chi connectivity index (χ0) is 72.9. The van der Waals surface area contributed by atoms with Crippen molar-refractivity contribution in [2.75, 3.05) is 0 Å². The molecule has 0 fully saturated rings. The fourth-order valence-corrected chi connectivity index (χ4v) is 47.1. The van der Waals surface area contributed by atoms with Crippen molar-refractivity contribution in [3.05, 3.63) is 156 Å². The molecule has 2 atom stereocenters. The van der Waals surface area contributed by atoms with E-state index in [2.05, 4.69) is 186 Å². The summed E-state index contributed by atoms with van der Waals surface area (Å²) in [5, 5.41) is 116. The number of fused-ring (bicyclic) bond motifs is 6. The van der Waals surface area contributed by atoms with Crippen LogP contribution in [0, 0.1) is 0 Å². The average molecular weight is 1510 g/mol. The summed E-state index contributed by atoms with van der Waals surface area (Å²) in [6, 6.07) is 59.5. The van der Waals surface area contributed by atoms with E-state index >= 15 is 0 Å². The summed E-state index contributed by atoms with van der Waals surface area (Å²) in [7, 11) is -9.50. The largest absolute Gasteiger partial charge is 0.113 e. The Balaban J connectivity index is 0.917. The predicted octanol–water partition coefficient (Wildman–Crippen LogP) is 26.1. The molecule has 0 amide bonds. The zero-order valence-electron chi connectivity index (χ0n) is 63.9. The van der Waals surface area contributed by atoms with Crippen molar-refractivity contribution < 1.29 is 0 Å². The van der Waals surface area contributed by atoms with Crippen LogP contribution in [0.25, 0.3) is 367 Å². The lowest BCUT2D eigenvalue weighted by Gasteiger charge is -2.48. The van der Waals surface area contributed by atoms with Crippen molar-refractivity contribution in [3.8, 4) is 11.1 Å². The summed E-state index contributed by atoms with van der Waals surface area (Å²) < 4.78 is 0. The van der Waals surface area contributed by atoms with Crippen LogP contribution in [-0.2, 0) is 0 Å². The molecule has 512 valence electrons. The number of hydrogen-bond acceptors (Lipinski definition) is 0. The summed E-state index contributed by atoms with van der Waals surface area (Å²) in [6.07, 6.45) is 0. The van der Waals surface area contributed by atoms with E-state index < -0.39 is 32.3 Å². The topological polar surface area (TPSA) is 0 Å². The van der Waals surface area contributed by atoms with Gasteiger partial charge in [0.1, 0.15) is 32.3 Å². The van der Waals surface area contributed by atoms with Crippen LogP contribution < -0.4 is 41.5 Å². The van der Waals surface area contributed by atoms with E-state index in [1.54, 1.807) is 333 Å². The first-order valence-electron chi connectivity index (χ1n) is 43.2. The molecule has 0 saturated carbocycles. The summed E-state index contributed by atoms with van der Waals surface area (Å²) in [5.74, 6) is 0.186. The summed E-state index contributed by atoms with van der Waals surface area (Å²) >= 11 is 0. The molecule has 0 nitrogen and oxygen atoms in total. The summed E-state index contributed by atoms with van der Waals surface area (Å²) in [5.41, 5.74) is 10.1. The SMILES string of the molecule is C[Si]1(C)c2cc3c4cc5c6c7c(cccc7c7cc8cc9ccc%10c%11ccc%12c%13c%14c(cc%15c%16cc%17c%18c%19c(cccc%19c%19cc%20cc%21ccc%22c%23ccc1c1c%23c%23c%24c%25c%26c%27c%28c%29c%30c(c3c(c2-1)C%23C%30%26)c1c4c6c7c2c8c3c9c%10c4c(c%11%13)c6c%14c%15c7c8c%16c%18c%19c9c%20c(c%21c%22%24)c%25c(c%27c7c6c%28c4c3c%29c12)c98)[Si]%17(C)C)[Si]%12(C)C)[Si]5(C)C. The molecule has 2 unspecified atom stereocenters. The van der Waals surface area contributed by atoms with Crippen LogP contribution in [0.3, 0.4) is 0 Å². The Morgan fingerprint density at radius 3 is 0.922 bits per heavy atom. The maximum absolute atomic E-state index is 2.95. The third-order valence-electron chi connectivity index (χ3n) is 38.0. The fraction of sp³-hybridized carbons (Fsp3) is 0.0893. The summed E-state index contributed by atoms with van der Waals surface area (Å²) in [6.45, 7) is 22.0. The van der Waals surface area contributed by atoms with Gasteiger partial charge in [-0.3, -0.25) is 0 Å². The monoisotopic (exact) mass is 1500 g/mol. The van der Waals surface area contributed by atoms with Gasteiger partial charge in [-0.05, 0) is 455 Å². The van der Waals surface area contributed by atoms with E-state index in [1.165, 1.54) is 97.0 Å². The Bertz CT molecular complexity index is 11600. The Labute approximate surface area is 655 Å². The second-order valence-corrected chi connectivity index (χ2v) is 59.6. The van der Waals surface area contributed by atoms with Crippen LogP contribution in [0.4, 0.5) is 0 Å². The van der Waals surface area contributed by atoms with Crippen LogP contribution in [-0.4, -0.2) is 32.3 Å². The third kappa shape index (κ3) is 3.81. The van der Waals surface area contributed by atoms with Crippen LogP contribution in [0.5, 0.6) is 0 Å². The maximum Gasteiger partial charge on any atom is 0.113 e. The zero-order valence-corrected chi connectivity index (χ0v) is 67.9. The minimum atomic E-state index is -2.44. The molecule has 4 aliphatic heterocycles. The van der Waals surface area contributed by atoms with Gasteiger partial charge in [0.05, 0.1) is 0 Å². The van der Waals surface area contributed by atoms with Gasteiger partial charge in [-0.2, -0.15) is 0 Å². The van der Waals surface area contributed by atoms with Gasteiger partial charge in [0, 0.05) is 11.8 Å². The first kappa shape index (κ1) is 52.2. The number of rotatable bonds is 0. The molecule has 0 saturated heterocycles. The molecule has 8 aliphatic rings. The standard InChI is InChI=1S/C112H48Si4/c1-113(2)47-13-9-11-35-41-25-33-23-31-15-17-37-40-20-22-50-72-64(40)88-86-61(37)55(31)77-57(33)79-65(41)81-67-43(27-51(113)73(81)59(35)47)45-29-53-75-71-49(115(53,5)6)21-19-39-38-18-16-32-24-34-26-42-36-12-10-14-48-60(36)74-52(114(48,3)4)28-44-46-30-54(116(50,7)8)76(72)84-70(46)92-90-68(44)82(74)66(42)80-58(34)78-56(32)62(38)85-87(63(39)71)97-83(75)69(45)91-89(67)95(79)103-93(77)99(86)108-106(98(84)88)102(92)110-104(96(80)90)94(78)100(85)107-105(97)101(91)109(103)111(108)112(107)110/h9-30,97,105H,1-8H3. The normalized spacial score (nSPS) is 19.3. The molecular formula is C112H48Si4. The molecule has 34 aromatic carbocycles. The van der Waals surface area contributed by atoms with Gasteiger partial charge in [0.2, 0.25) is 0 Å². The fourth-order valence-electron chi connectivity index (χ4n) is 34.9. The van der Waals surface area contributed by atoms with Gasteiger partial charge >= 0.3 is 0 Å². The predicted molar refractivity (Wildman–Crippen MR) is 515 cm³/mol. The van der Waals surface area contributed by atoms with Crippen LogP contribution in [0.2, 0.25) is 52.4 Å². The Morgan fingerprint density at radius 1 is 0.147 bits per heavy atom. The third-order valence-corrected chi connectivity index (χ3v) is 52.0. The van der Waals surface area contributed by atoms with E-state index in [4.69, 9.17) is 0 Å². The average Bonchev–Trinajstić information content (AvgIpc) is 0.860. The van der Waals surface area contributed by atoms with Crippen molar-refractivity contribution in [2.45, 2.75) is 64.2 Å². The number of benzene rings is 34. The minimum Gasteiger partial charge on any atom is -0.0619 e. The molecule has 0 aromatic heterocycles. The van der Waals surface area contributed by atoms with Gasteiger partial charge in [-0.15, -0.1) is 0 Å². The van der Waals surface area contributed by atoms with Crippen LogP contribution >= 0.6 is 0 Å². The van der Waals surface area contributed by atoms with Gasteiger partial charge in [-0.1, -0.05) is 162 Å².